The van der Waals surface area contributed by atoms with Gasteiger partial charge in [0.2, 0.25) is 10.0 Å². The summed E-state index contributed by atoms with van der Waals surface area (Å²) in [6.45, 7) is 2.51. The van der Waals surface area contributed by atoms with Crippen molar-refractivity contribution in [1.29, 1.82) is 0 Å². The van der Waals surface area contributed by atoms with Gasteiger partial charge in [0.15, 0.2) is 0 Å². The highest BCUT2D eigenvalue weighted by Crippen LogP contribution is 2.29. The summed E-state index contributed by atoms with van der Waals surface area (Å²) in [4.78, 5) is 12.6. The molecule has 0 aromatic heterocycles. The van der Waals surface area contributed by atoms with Crippen molar-refractivity contribution >= 4 is 15.9 Å². The van der Waals surface area contributed by atoms with Crippen LogP contribution in [0.5, 0.6) is 0 Å². The number of hydrogen-bond acceptors (Lipinski definition) is 3. The van der Waals surface area contributed by atoms with Gasteiger partial charge in [-0.05, 0) is 61.2 Å². The predicted molar refractivity (Wildman–Crippen MR) is 107 cm³/mol. The average molecular weight is 440 g/mol. The summed E-state index contributed by atoms with van der Waals surface area (Å²) in [5.41, 5.74) is 0.372. The molecule has 162 valence electrons. The van der Waals surface area contributed by atoms with Crippen LogP contribution in [-0.4, -0.2) is 37.8 Å². The van der Waals surface area contributed by atoms with Gasteiger partial charge in [0.05, 0.1) is 10.5 Å². The van der Waals surface area contributed by atoms with Crippen molar-refractivity contribution in [2.45, 2.75) is 43.3 Å². The third-order valence-electron chi connectivity index (χ3n) is 5.23. The van der Waals surface area contributed by atoms with E-state index in [1.54, 1.807) is 24.3 Å². The van der Waals surface area contributed by atoms with Gasteiger partial charge in [-0.2, -0.15) is 17.5 Å². The fraction of sp³-hybridized carbons (Fsp3) is 0.381. The highest BCUT2D eigenvalue weighted by molar-refractivity contribution is 7.89. The number of nitrogens with zero attached hydrogens (tertiary/aromatic N) is 1. The van der Waals surface area contributed by atoms with Crippen LogP contribution >= 0.6 is 0 Å². The zero-order valence-electron chi connectivity index (χ0n) is 16.4. The Hall–Kier alpha value is -2.39. The summed E-state index contributed by atoms with van der Waals surface area (Å²) in [5.74, 6) is -0.472. The van der Waals surface area contributed by atoms with Gasteiger partial charge in [-0.3, -0.25) is 4.79 Å². The fourth-order valence-electron chi connectivity index (χ4n) is 3.37. The number of carbonyl (C=O) groups excluding carboxylic acids is 1. The van der Waals surface area contributed by atoms with Crippen molar-refractivity contribution in [3.8, 4) is 0 Å². The fourth-order valence-corrected chi connectivity index (χ4v) is 4.84. The number of piperidine rings is 1. The van der Waals surface area contributed by atoms with E-state index in [1.165, 1.54) is 4.31 Å². The molecule has 0 spiro atoms. The van der Waals surface area contributed by atoms with Crippen LogP contribution in [0.25, 0.3) is 0 Å². The molecule has 1 fully saturated rings. The highest BCUT2D eigenvalue weighted by Gasteiger charge is 2.31. The third kappa shape index (κ3) is 5.02. The molecule has 1 aliphatic heterocycles. The first-order valence-corrected chi connectivity index (χ1v) is 11.1. The van der Waals surface area contributed by atoms with Crippen molar-refractivity contribution in [2.75, 3.05) is 13.1 Å². The molecule has 2 aromatic rings. The third-order valence-corrected chi connectivity index (χ3v) is 7.15. The minimum atomic E-state index is -4.45. The van der Waals surface area contributed by atoms with Crippen LogP contribution in [0.3, 0.4) is 0 Å². The molecule has 1 saturated heterocycles. The second-order valence-electron chi connectivity index (χ2n) is 7.22. The second kappa shape index (κ2) is 8.77. The zero-order valence-corrected chi connectivity index (χ0v) is 17.3. The first kappa shape index (κ1) is 22.3. The zero-order chi connectivity index (χ0) is 21.9. The summed E-state index contributed by atoms with van der Waals surface area (Å²) >= 11 is 0. The van der Waals surface area contributed by atoms with E-state index in [9.17, 15) is 26.4 Å². The number of nitrogens with one attached hydrogen (secondary N) is 1. The van der Waals surface area contributed by atoms with E-state index in [-0.39, 0.29) is 29.6 Å². The summed E-state index contributed by atoms with van der Waals surface area (Å²) in [6, 6.07) is 10.6. The monoisotopic (exact) mass is 440 g/mol. The number of alkyl halides is 3. The Kier molecular flexibility index (Phi) is 6.52. The maximum Gasteiger partial charge on any atom is 0.416 e. The second-order valence-corrected chi connectivity index (χ2v) is 9.16. The number of aryl methyl sites for hydroxylation is 1. The smallest absolute Gasteiger partial charge is 0.349 e. The van der Waals surface area contributed by atoms with E-state index >= 15 is 0 Å². The Balaban J connectivity index is 1.58. The lowest BCUT2D eigenvalue weighted by Crippen LogP contribution is -2.46. The molecular formula is C21H23F3N2O3S. The van der Waals surface area contributed by atoms with Gasteiger partial charge < -0.3 is 5.32 Å². The van der Waals surface area contributed by atoms with Crippen LogP contribution in [0.1, 0.15) is 41.3 Å². The lowest BCUT2D eigenvalue weighted by Gasteiger charge is -2.31. The SMILES string of the molecule is CCc1ccc(S(=O)(=O)N2CCC(NC(=O)c3ccc(C(F)(F)F)cc3)CC2)cc1. The number of halogens is 3. The van der Waals surface area contributed by atoms with Crippen molar-refractivity contribution in [1.82, 2.24) is 9.62 Å². The van der Waals surface area contributed by atoms with Gasteiger partial charge >= 0.3 is 6.18 Å². The molecule has 1 heterocycles. The first-order valence-electron chi connectivity index (χ1n) is 9.68. The van der Waals surface area contributed by atoms with E-state index in [1.807, 2.05) is 6.92 Å². The van der Waals surface area contributed by atoms with E-state index < -0.39 is 27.7 Å². The molecule has 0 unspecified atom stereocenters. The van der Waals surface area contributed by atoms with Crippen LogP contribution in [0.4, 0.5) is 13.2 Å². The molecule has 0 aliphatic carbocycles. The van der Waals surface area contributed by atoms with Gasteiger partial charge in [0.25, 0.3) is 5.91 Å². The first-order chi connectivity index (χ1) is 14.1. The molecule has 0 radical (unpaired) electrons. The average Bonchev–Trinajstić information content (AvgIpc) is 2.73. The minimum Gasteiger partial charge on any atom is -0.349 e. The topological polar surface area (TPSA) is 66.5 Å². The standard InChI is InChI=1S/C21H23F3N2O3S/c1-2-15-3-9-19(10-4-15)30(28,29)26-13-11-18(12-14-26)25-20(27)16-5-7-17(8-6-16)21(22,23)24/h3-10,18H,2,11-14H2,1H3,(H,25,27). The van der Waals surface area contributed by atoms with Crippen molar-refractivity contribution in [2.24, 2.45) is 0 Å². The quantitative estimate of drug-likeness (QED) is 0.768. The molecule has 5 nitrogen and oxygen atoms in total. The van der Waals surface area contributed by atoms with Gasteiger partial charge in [-0.25, -0.2) is 8.42 Å². The number of sulfonamides is 1. The molecule has 30 heavy (non-hydrogen) atoms. The molecule has 0 bridgehead atoms. The van der Waals surface area contributed by atoms with Crippen LogP contribution in [0, 0.1) is 0 Å². The molecule has 1 amide bonds. The van der Waals surface area contributed by atoms with Gasteiger partial charge in [0.1, 0.15) is 0 Å². The molecule has 1 N–H and O–H groups in total. The number of hydrogen-bond donors (Lipinski definition) is 1. The van der Waals surface area contributed by atoms with E-state index in [4.69, 9.17) is 0 Å². The summed E-state index contributed by atoms with van der Waals surface area (Å²) < 4.78 is 64.9. The summed E-state index contributed by atoms with van der Waals surface area (Å²) in [7, 11) is -3.60. The molecule has 0 atom stereocenters. The number of rotatable bonds is 5. The lowest BCUT2D eigenvalue weighted by atomic mass is 10.1. The van der Waals surface area contributed by atoms with Crippen LogP contribution in [0.15, 0.2) is 53.4 Å². The van der Waals surface area contributed by atoms with Crippen molar-refractivity contribution in [3.05, 3.63) is 65.2 Å². The molecule has 9 heteroatoms. The van der Waals surface area contributed by atoms with Crippen molar-refractivity contribution < 1.29 is 26.4 Å². The molecular weight excluding hydrogens is 417 g/mol. The Morgan fingerprint density at radius 3 is 2.10 bits per heavy atom. The maximum atomic E-state index is 12.8. The Labute approximate surface area is 173 Å². The van der Waals surface area contributed by atoms with Crippen LogP contribution in [0.2, 0.25) is 0 Å². The van der Waals surface area contributed by atoms with E-state index in [0.717, 1.165) is 36.2 Å². The van der Waals surface area contributed by atoms with Gasteiger partial charge in [-0.15, -0.1) is 0 Å². The van der Waals surface area contributed by atoms with Crippen molar-refractivity contribution in [3.63, 3.8) is 0 Å². The predicted octanol–water partition coefficient (Wildman–Crippen LogP) is 3.85. The highest BCUT2D eigenvalue weighted by atomic mass is 32.2. The maximum absolute atomic E-state index is 12.8. The Bertz CT molecular complexity index is 980. The molecule has 3 rings (SSSR count). The number of amides is 1. The normalized spacial score (nSPS) is 16.4. The summed E-state index contributed by atoms with van der Waals surface area (Å²) in [5, 5.41) is 2.78. The Morgan fingerprint density at radius 2 is 1.60 bits per heavy atom. The number of benzene rings is 2. The van der Waals surface area contributed by atoms with Crippen LogP contribution in [-0.2, 0) is 22.6 Å². The molecule has 2 aromatic carbocycles. The summed E-state index contributed by atoms with van der Waals surface area (Å²) in [6.07, 6.45) is -2.77. The largest absolute Gasteiger partial charge is 0.416 e. The van der Waals surface area contributed by atoms with E-state index in [0.29, 0.717) is 12.8 Å². The van der Waals surface area contributed by atoms with Gasteiger partial charge in [-0.1, -0.05) is 19.1 Å². The lowest BCUT2D eigenvalue weighted by molar-refractivity contribution is -0.137. The molecule has 1 aliphatic rings. The van der Waals surface area contributed by atoms with E-state index in [2.05, 4.69) is 5.32 Å². The Morgan fingerprint density at radius 1 is 1.03 bits per heavy atom. The van der Waals surface area contributed by atoms with Crippen LogP contribution < -0.4 is 5.32 Å². The number of carbonyl (C=O) groups is 1. The minimum absolute atomic E-state index is 0.133. The molecule has 0 saturated carbocycles. The van der Waals surface area contributed by atoms with Gasteiger partial charge in [0, 0.05) is 24.7 Å².